The maximum Gasteiger partial charge on any atom is 0.224 e. The summed E-state index contributed by atoms with van der Waals surface area (Å²) < 4.78 is 0. The molecule has 5 nitrogen and oxygen atoms in total. The monoisotopic (exact) mass is 399 g/mol. The first-order valence-corrected chi connectivity index (χ1v) is 11.2. The average Bonchev–Trinajstić information content (AvgIpc) is 2.72. The fraction of sp³-hybridized carbons (Fsp3) is 0.667. The number of nitrogens with one attached hydrogen (secondary N) is 1. The Balaban J connectivity index is 1.45. The number of benzene rings is 1. The molecule has 160 valence electrons. The summed E-state index contributed by atoms with van der Waals surface area (Å²) in [5.74, 6) is 0.539. The second kappa shape index (κ2) is 9.75. The predicted octanol–water partition coefficient (Wildman–Crippen LogP) is 3.44. The van der Waals surface area contributed by atoms with E-state index in [0.29, 0.717) is 19.0 Å². The van der Waals surface area contributed by atoms with E-state index in [4.69, 9.17) is 0 Å². The van der Waals surface area contributed by atoms with Gasteiger partial charge in [-0.15, -0.1) is 0 Å². The van der Waals surface area contributed by atoms with Crippen LogP contribution in [0.25, 0.3) is 0 Å². The third-order valence-corrected chi connectivity index (χ3v) is 6.15. The van der Waals surface area contributed by atoms with Crippen molar-refractivity contribution in [3.63, 3.8) is 0 Å². The normalized spacial score (nSPS) is 21.8. The van der Waals surface area contributed by atoms with Crippen molar-refractivity contribution in [2.75, 3.05) is 26.2 Å². The van der Waals surface area contributed by atoms with Crippen molar-refractivity contribution < 1.29 is 9.59 Å². The highest BCUT2D eigenvalue weighted by Crippen LogP contribution is 2.26. The Morgan fingerprint density at radius 1 is 1.03 bits per heavy atom. The van der Waals surface area contributed by atoms with Crippen LogP contribution in [0.15, 0.2) is 30.3 Å². The van der Waals surface area contributed by atoms with Crippen molar-refractivity contribution in [1.82, 2.24) is 15.1 Å². The van der Waals surface area contributed by atoms with Crippen molar-refractivity contribution >= 4 is 11.8 Å². The standard InChI is InChI=1S/C24H37N3O2/c1-24(2,3)16-22(28)26-14-11-21(12-15-26)27-13-7-10-20(18-27)23(29)25-17-19-8-5-4-6-9-19/h4-6,8-9,20-21H,7,10-18H2,1-3H3,(H,25,29)/t20-/m0/s1. The van der Waals surface area contributed by atoms with Gasteiger partial charge in [0, 0.05) is 38.6 Å². The molecule has 2 saturated heterocycles. The minimum absolute atomic E-state index is 0.0428. The van der Waals surface area contributed by atoms with Crippen LogP contribution in [0.1, 0.15) is 58.4 Å². The van der Waals surface area contributed by atoms with E-state index in [2.05, 4.69) is 31.0 Å². The summed E-state index contributed by atoms with van der Waals surface area (Å²) in [5, 5.41) is 3.12. The van der Waals surface area contributed by atoms with E-state index in [1.165, 1.54) is 0 Å². The smallest absolute Gasteiger partial charge is 0.224 e. The maximum atomic E-state index is 12.7. The maximum absolute atomic E-state index is 12.7. The van der Waals surface area contributed by atoms with Gasteiger partial charge in [0.1, 0.15) is 0 Å². The number of hydrogen-bond donors (Lipinski definition) is 1. The van der Waals surface area contributed by atoms with Crippen LogP contribution in [-0.4, -0.2) is 53.8 Å². The molecule has 0 bridgehead atoms. The van der Waals surface area contributed by atoms with Crippen molar-refractivity contribution in [2.45, 2.75) is 65.5 Å². The number of carbonyl (C=O) groups excluding carboxylic acids is 2. The number of piperidine rings is 2. The number of likely N-dealkylation sites (tertiary alicyclic amines) is 2. The highest BCUT2D eigenvalue weighted by molar-refractivity contribution is 5.79. The van der Waals surface area contributed by atoms with Crippen molar-refractivity contribution in [1.29, 1.82) is 0 Å². The summed E-state index contributed by atoms with van der Waals surface area (Å²) >= 11 is 0. The van der Waals surface area contributed by atoms with Gasteiger partial charge in [0.25, 0.3) is 0 Å². The molecule has 1 atom stereocenters. The summed E-state index contributed by atoms with van der Waals surface area (Å²) in [5.41, 5.74) is 1.18. The molecule has 0 spiro atoms. The fourth-order valence-electron chi connectivity index (χ4n) is 4.53. The van der Waals surface area contributed by atoms with Gasteiger partial charge in [-0.3, -0.25) is 14.5 Å². The molecule has 5 heteroatoms. The van der Waals surface area contributed by atoms with Crippen LogP contribution in [0, 0.1) is 11.3 Å². The fourth-order valence-corrected chi connectivity index (χ4v) is 4.53. The summed E-state index contributed by atoms with van der Waals surface area (Å²) in [6, 6.07) is 10.6. The van der Waals surface area contributed by atoms with Gasteiger partial charge < -0.3 is 10.2 Å². The lowest BCUT2D eigenvalue weighted by Gasteiger charge is -2.42. The van der Waals surface area contributed by atoms with E-state index >= 15 is 0 Å². The minimum Gasteiger partial charge on any atom is -0.352 e. The van der Waals surface area contributed by atoms with E-state index in [0.717, 1.165) is 57.4 Å². The molecule has 0 radical (unpaired) electrons. The van der Waals surface area contributed by atoms with Gasteiger partial charge >= 0.3 is 0 Å². The van der Waals surface area contributed by atoms with Gasteiger partial charge in [-0.2, -0.15) is 0 Å². The van der Waals surface area contributed by atoms with Crippen molar-refractivity contribution in [3.05, 3.63) is 35.9 Å². The topological polar surface area (TPSA) is 52.7 Å². The van der Waals surface area contributed by atoms with E-state index < -0.39 is 0 Å². The quantitative estimate of drug-likeness (QED) is 0.825. The lowest BCUT2D eigenvalue weighted by atomic mass is 9.90. The Morgan fingerprint density at radius 3 is 2.38 bits per heavy atom. The number of nitrogens with zero attached hydrogens (tertiary/aromatic N) is 2. The molecule has 0 saturated carbocycles. The highest BCUT2D eigenvalue weighted by Gasteiger charge is 2.33. The Bertz CT molecular complexity index is 675. The summed E-state index contributed by atoms with van der Waals surface area (Å²) in [6.07, 6.45) is 4.71. The SMILES string of the molecule is CC(C)(C)CC(=O)N1CCC(N2CCC[C@H](C(=O)NCc3ccccc3)C2)CC1. The van der Waals surface area contributed by atoms with E-state index in [9.17, 15) is 9.59 Å². The van der Waals surface area contributed by atoms with Crippen LogP contribution in [0.2, 0.25) is 0 Å². The van der Waals surface area contributed by atoms with Gasteiger partial charge in [-0.05, 0) is 43.2 Å². The van der Waals surface area contributed by atoms with Gasteiger partial charge in [-0.25, -0.2) is 0 Å². The Hall–Kier alpha value is -1.88. The molecule has 29 heavy (non-hydrogen) atoms. The van der Waals surface area contributed by atoms with Crippen LogP contribution in [0.4, 0.5) is 0 Å². The van der Waals surface area contributed by atoms with Gasteiger partial charge in [0.05, 0.1) is 5.92 Å². The Kier molecular flexibility index (Phi) is 7.33. The Morgan fingerprint density at radius 2 is 1.72 bits per heavy atom. The van der Waals surface area contributed by atoms with Crippen LogP contribution in [0.5, 0.6) is 0 Å². The van der Waals surface area contributed by atoms with Gasteiger partial charge in [-0.1, -0.05) is 51.1 Å². The van der Waals surface area contributed by atoms with E-state index in [1.54, 1.807) is 0 Å². The minimum atomic E-state index is 0.0428. The molecule has 1 N–H and O–H groups in total. The third-order valence-electron chi connectivity index (χ3n) is 6.15. The van der Waals surface area contributed by atoms with Crippen LogP contribution in [0.3, 0.4) is 0 Å². The summed E-state index contributed by atoms with van der Waals surface area (Å²) in [4.78, 5) is 29.7. The molecule has 0 aliphatic carbocycles. The predicted molar refractivity (Wildman–Crippen MR) is 116 cm³/mol. The Labute approximate surface area is 175 Å². The number of carbonyl (C=O) groups is 2. The number of amides is 2. The highest BCUT2D eigenvalue weighted by atomic mass is 16.2. The average molecular weight is 400 g/mol. The molecule has 1 aromatic carbocycles. The lowest BCUT2D eigenvalue weighted by molar-refractivity contribution is -0.134. The summed E-state index contributed by atoms with van der Waals surface area (Å²) in [7, 11) is 0. The molecule has 1 aromatic rings. The van der Waals surface area contributed by atoms with Gasteiger partial charge in [0.2, 0.25) is 11.8 Å². The molecular weight excluding hydrogens is 362 g/mol. The molecule has 0 unspecified atom stereocenters. The van der Waals surface area contributed by atoms with E-state index in [1.807, 2.05) is 35.2 Å². The zero-order valence-electron chi connectivity index (χ0n) is 18.3. The summed E-state index contributed by atoms with van der Waals surface area (Å²) in [6.45, 7) is 10.6. The second-order valence-corrected chi connectivity index (χ2v) is 9.89. The van der Waals surface area contributed by atoms with Crippen LogP contribution < -0.4 is 5.32 Å². The molecule has 2 amide bonds. The van der Waals surface area contributed by atoms with Crippen molar-refractivity contribution in [3.8, 4) is 0 Å². The number of rotatable bonds is 5. The zero-order valence-corrected chi connectivity index (χ0v) is 18.3. The largest absolute Gasteiger partial charge is 0.352 e. The zero-order chi connectivity index (χ0) is 20.9. The molecule has 2 fully saturated rings. The van der Waals surface area contributed by atoms with Gasteiger partial charge in [0.15, 0.2) is 0 Å². The lowest BCUT2D eigenvalue weighted by Crippen LogP contribution is -2.51. The van der Waals surface area contributed by atoms with E-state index in [-0.39, 0.29) is 23.1 Å². The molecule has 2 heterocycles. The third kappa shape index (κ3) is 6.56. The molecule has 2 aliphatic rings. The first kappa shape index (κ1) is 21.8. The first-order valence-electron chi connectivity index (χ1n) is 11.2. The molecule has 2 aliphatic heterocycles. The second-order valence-electron chi connectivity index (χ2n) is 9.89. The number of hydrogen-bond acceptors (Lipinski definition) is 3. The first-order chi connectivity index (χ1) is 13.8. The van der Waals surface area contributed by atoms with Crippen LogP contribution in [-0.2, 0) is 16.1 Å². The molecular formula is C24H37N3O2. The van der Waals surface area contributed by atoms with Crippen LogP contribution >= 0.6 is 0 Å². The molecule has 3 rings (SSSR count). The molecule has 0 aromatic heterocycles. The van der Waals surface area contributed by atoms with Crippen molar-refractivity contribution in [2.24, 2.45) is 11.3 Å².